The van der Waals surface area contributed by atoms with Gasteiger partial charge in [-0.25, -0.2) is 0 Å². The van der Waals surface area contributed by atoms with E-state index in [-0.39, 0.29) is 0 Å². The Morgan fingerprint density at radius 3 is 3.08 bits per heavy atom. The minimum absolute atomic E-state index is 0.956. The van der Waals surface area contributed by atoms with Gasteiger partial charge in [-0.05, 0) is 24.6 Å². The van der Waals surface area contributed by atoms with E-state index in [0.29, 0.717) is 0 Å². The highest BCUT2D eigenvalue weighted by atomic mass is 14.8. The molecule has 0 atom stereocenters. The van der Waals surface area contributed by atoms with Crippen LogP contribution in [0.3, 0.4) is 0 Å². The third-order valence-electron chi connectivity index (χ3n) is 1.88. The lowest BCUT2D eigenvalue weighted by Gasteiger charge is -1.99. The highest BCUT2D eigenvalue weighted by Gasteiger charge is 2.02. The van der Waals surface area contributed by atoms with Crippen LogP contribution in [0, 0.1) is 0 Å². The first kappa shape index (κ1) is 7.10. The first-order chi connectivity index (χ1) is 5.79. The smallest absolute Gasteiger partial charge is 0.0893 e. The number of nitrogens with zero attached hydrogens (tertiary/aromatic N) is 1. The Labute approximate surface area is 70.9 Å². The van der Waals surface area contributed by atoms with Crippen molar-refractivity contribution in [1.82, 2.24) is 9.97 Å². The summed E-state index contributed by atoms with van der Waals surface area (Å²) in [5.41, 5.74) is 3.02. The van der Waals surface area contributed by atoms with Crippen molar-refractivity contribution in [2.75, 3.05) is 0 Å². The summed E-state index contributed by atoms with van der Waals surface area (Å²) in [6.45, 7) is 5.83. The van der Waals surface area contributed by atoms with E-state index in [9.17, 15) is 0 Å². The van der Waals surface area contributed by atoms with Crippen LogP contribution < -0.4 is 0 Å². The molecule has 2 nitrogen and oxygen atoms in total. The van der Waals surface area contributed by atoms with Gasteiger partial charge >= 0.3 is 0 Å². The van der Waals surface area contributed by atoms with E-state index < -0.39 is 0 Å². The molecule has 0 aliphatic carbocycles. The molecule has 0 aliphatic heterocycles. The molecule has 60 valence electrons. The van der Waals surface area contributed by atoms with Crippen LogP contribution in [0.2, 0.25) is 0 Å². The molecule has 0 bridgehead atoms. The number of rotatable bonds is 1. The highest BCUT2D eigenvalue weighted by molar-refractivity contribution is 5.88. The Balaban J connectivity index is 2.82. The van der Waals surface area contributed by atoms with Crippen molar-refractivity contribution in [2.45, 2.75) is 6.92 Å². The summed E-state index contributed by atoms with van der Waals surface area (Å²) in [4.78, 5) is 7.39. The third-order valence-corrected chi connectivity index (χ3v) is 1.88. The van der Waals surface area contributed by atoms with E-state index in [4.69, 9.17) is 0 Å². The van der Waals surface area contributed by atoms with Crippen molar-refractivity contribution in [3.8, 4) is 0 Å². The van der Waals surface area contributed by atoms with E-state index in [0.717, 1.165) is 16.8 Å². The van der Waals surface area contributed by atoms with E-state index in [2.05, 4.69) is 16.5 Å². The quantitative estimate of drug-likeness (QED) is 0.679. The van der Waals surface area contributed by atoms with Crippen LogP contribution in [0.15, 0.2) is 31.1 Å². The SMILES string of the molecule is C=C(C)c1nccc2cc[nH]c12. The number of hydrogen-bond acceptors (Lipinski definition) is 1. The molecular weight excluding hydrogens is 148 g/mol. The number of aromatic amines is 1. The van der Waals surface area contributed by atoms with E-state index in [1.165, 1.54) is 5.39 Å². The molecule has 0 unspecified atom stereocenters. The molecule has 2 heteroatoms. The molecule has 0 amide bonds. The number of pyridine rings is 1. The number of allylic oxidation sites excluding steroid dienone is 1. The standard InChI is InChI=1S/C10H10N2/c1-7(2)9-10-8(3-5-11-9)4-6-12-10/h3-6,12H,1H2,2H3. The normalized spacial score (nSPS) is 10.4. The highest BCUT2D eigenvalue weighted by Crippen LogP contribution is 2.19. The molecule has 0 spiro atoms. The summed E-state index contributed by atoms with van der Waals surface area (Å²) in [5, 5.41) is 1.18. The van der Waals surface area contributed by atoms with Gasteiger partial charge in [-0.2, -0.15) is 0 Å². The number of H-pyrrole nitrogens is 1. The molecule has 1 N–H and O–H groups in total. The van der Waals surface area contributed by atoms with Gasteiger partial charge in [0.15, 0.2) is 0 Å². The van der Waals surface area contributed by atoms with Crippen molar-refractivity contribution >= 4 is 16.5 Å². The molecule has 2 aromatic rings. The van der Waals surface area contributed by atoms with Gasteiger partial charge in [-0.3, -0.25) is 4.98 Å². The molecule has 12 heavy (non-hydrogen) atoms. The zero-order valence-electron chi connectivity index (χ0n) is 6.96. The van der Waals surface area contributed by atoms with Crippen molar-refractivity contribution < 1.29 is 0 Å². The van der Waals surface area contributed by atoms with Crippen LogP contribution in [0.1, 0.15) is 12.6 Å². The van der Waals surface area contributed by atoms with Gasteiger partial charge in [-0.1, -0.05) is 6.58 Å². The van der Waals surface area contributed by atoms with Crippen LogP contribution in [0.4, 0.5) is 0 Å². The Hall–Kier alpha value is -1.57. The second kappa shape index (κ2) is 2.48. The zero-order chi connectivity index (χ0) is 8.55. The Morgan fingerprint density at radius 1 is 1.50 bits per heavy atom. The maximum atomic E-state index is 4.25. The summed E-state index contributed by atoms with van der Waals surface area (Å²) in [6, 6.07) is 4.02. The van der Waals surface area contributed by atoms with E-state index in [1.54, 1.807) is 6.20 Å². The van der Waals surface area contributed by atoms with Gasteiger partial charge in [0, 0.05) is 17.8 Å². The molecule has 2 rings (SSSR count). The lowest BCUT2D eigenvalue weighted by molar-refractivity contribution is 1.28. The second-order valence-corrected chi connectivity index (χ2v) is 2.88. The fourth-order valence-electron chi connectivity index (χ4n) is 1.31. The molecule has 0 saturated carbocycles. The molecule has 0 aromatic carbocycles. The minimum Gasteiger partial charge on any atom is -0.359 e. The third kappa shape index (κ3) is 0.925. The lowest BCUT2D eigenvalue weighted by Crippen LogP contribution is -1.85. The first-order valence-electron chi connectivity index (χ1n) is 3.87. The largest absolute Gasteiger partial charge is 0.359 e. The predicted octanol–water partition coefficient (Wildman–Crippen LogP) is 2.60. The van der Waals surface area contributed by atoms with Crippen LogP contribution in [0.5, 0.6) is 0 Å². The lowest BCUT2D eigenvalue weighted by atomic mass is 10.2. The molecule has 0 radical (unpaired) electrons. The van der Waals surface area contributed by atoms with Crippen molar-refractivity contribution in [3.05, 3.63) is 36.8 Å². The molecule has 2 aromatic heterocycles. The molecule has 0 saturated heterocycles. The monoisotopic (exact) mass is 158 g/mol. The van der Waals surface area contributed by atoms with Crippen LogP contribution in [0.25, 0.3) is 16.5 Å². The van der Waals surface area contributed by atoms with Gasteiger partial charge in [-0.15, -0.1) is 0 Å². The molecule has 0 aliphatic rings. The summed E-state index contributed by atoms with van der Waals surface area (Å²) < 4.78 is 0. The van der Waals surface area contributed by atoms with Gasteiger partial charge in [0.05, 0.1) is 11.2 Å². The fraction of sp³-hybridized carbons (Fsp3) is 0.100. The molecular formula is C10H10N2. The minimum atomic E-state index is 0.956. The fourth-order valence-corrected chi connectivity index (χ4v) is 1.31. The maximum Gasteiger partial charge on any atom is 0.0893 e. The Morgan fingerprint density at radius 2 is 2.33 bits per heavy atom. The number of hydrogen-bond donors (Lipinski definition) is 1. The van der Waals surface area contributed by atoms with E-state index >= 15 is 0 Å². The van der Waals surface area contributed by atoms with E-state index in [1.807, 2.05) is 25.3 Å². The van der Waals surface area contributed by atoms with Crippen molar-refractivity contribution in [2.24, 2.45) is 0 Å². The van der Waals surface area contributed by atoms with Gasteiger partial charge in [0.1, 0.15) is 0 Å². The molecule has 0 fully saturated rings. The Kier molecular flexibility index (Phi) is 1.47. The summed E-state index contributed by atoms with van der Waals surface area (Å²) in [6.07, 6.45) is 3.72. The molecule has 2 heterocycles. The first-order valence-corrected chi connectivity index (χ1v) is 3.87. The van der Waals surface area contributed by atoms with Gasteiger partial charge in [0.2, 0.25) is 0 Å². The van der Waals surface area contributed by atoms with Crippen LogP contribution in [-0.2, 0) is 0 Å². The van der Waals surface area contributed by atoms with Gasteiger partial charge in [0.25, 0.3) is 0 Å². The Bertz CT molecular complexity index is 426. The summed E-state index contributed by atoms with van der Waals surface area (Å²) >= 11 is 0. The van der Waals surface area contributed by atoms with Crippen LogP contribution >= 0.6 is 0 Å². The second-order valence-electron chi connectivity index (χ2n) is 2.88. The number of nitrogens with one attached hydrogen (secondary N) is 1. The summed E-state index contributed by atoms with van der Waals surface area (Å²) in [7, 11) is 0. The number of fused-ring (bicyclic) bond motifs is 1. The number of aromatic nitrogens is 2. The zero-order valence-corrected chi connectivity index (χ0v) is 6.96. The van der Waals surface area contributed by atoms with Crippen molar-refractivity contribution in [1.29, 1.82) is 0 Å². The van der Waals surface area contributed by atoms with Crippen molar-refractivity contribution in [3.63, 3.8) is 0 Å². The topological polar surface area (TPSA) is 28.7 Å². The predicted molar refractivity (Wildman–Crippen MR) is 50.8 cm³/mol. The van der Waals surface area contributed by atoms with Gasteiger partial charge < -0.3 is 4.98 Å². The average Bonchev–Trinajstić information content (AvgIpc) is 2.49. The average molecular weight is 158 g/mol. The summed E-state index contributed by atoms with van der Waals surface area (Å²) in [5.74, 6) is 0. The maximum absolute atomic E-state index is 4.25. The van der Waals surface area contributed by atoms with Crippen LogP contribution in [-0.4, -0.2) is 9.97 Å².